The summed E-state index contributed by atoms with van der Waals surface area (Å²) in [4.78, 5) is 17.1. The number of ether oxygens (including phenoxy) is 2. The van der Waals surface area contributed by atoms with E-state index in [-0.39, 0.29) is 5.91 Å². The van der Waals surface area contributed by atoms with E-state index in [1.54, 1.807) is 14.2 Å². The van der Waals surface area contributed by atoms with Crippen molar-refractivity contribution in [3.8, 4) is 11.5 Å². The first-order valence-corrected chi connectivity index (χ1v) is 9.41. The number of anilines is 1. The zero-order valence-corrected chi connectivity index (χ0v) is 16.6. The molecule has 1 amide bonds. The lowest BCUT2D eigenvalue weighted by molar-refractivity contribution is 0.0734. The highest BCUT2D eigenvalue weighted by Crippen LogP contribution is 2.33. The van der Waals surface area contributed by atoms with Gasteiger partial charge in [-0.25, -0.2) is 0 Å². The topological polar surface area (TPSA) is 42.0 Å². The molecule has 27 heavy (non-hydrogen) atoms. The quantitative estimate of drug-likeness (QED) is 0.779. The maximum absolute atomic E-state index is 13.0. The highest BCUT2D eigenvalue weighted by molar-refractivity contribution is 5.94. The maximum Gasteiger partial charge on any atom is 0.254 e. The van der Waals surface area contributed by atoms with Crippen molar-refractivity contribution in [1.29, 1.82) is 0 Å². The Morgan fingerprint density at radius 2 is 1.70 bits per heavy atom. The first-order valence-electron chi connectivity index (χ1n) is 9.41. The van der Waals surface area contributed by atoms with Gasteiger partial charge in [-0.15, -0.1) is 0 Å². The largest absolute Gasteiger partial charge is 0.493 e. The van der Waals surface area contributed by atoms with E-state index in [4.69, 9.17) is 9.47 Å². The molecular formula is C22H28N2O3. The van der Waals surface area contributed by atoms with Crippen LogP contribution in [-0.2, 0) is 13.0 Å². The summed E-state index contributed by atoms with van der Waals surface area (Å²) in [5, 5.41) is 0. The molecule has 0 unspecified atom stereocenters. The van der Waals surface area contributed by atoms with E-state index in [9.17, 15) is 4.79 Å². The van der Waals surface area contributed by atoms with Crippen LogP contribution in [0.5, 0.6) is 11.5 Å². The van der Waals surface area contributed by atoms with Crippen LogP contribution in [0.2, 0.25) is 0 Å². The lowest BCUT2D eigenvalue weighted by Crippen LogP contribution is -2.36. The highest BCUT2D eigenvalue weighted by Gasteiger charge is 2.23. The average molecular weight is 368 g/mol. The zero-order chi connectivity index (χ0) is 19.4. The van der Waals surface area contributed by atoms with Crippen molar-refractivity contribution < 1.29 is 14.3 Å². The summed E-state index contributed by atoms with van der Waals surface area (Å²) in [6.45, 7) is 4.46. The van der Waals surface area contributed by atoms with Gasteiger partial charge in [0.05, 0.1) is 14.2 Å². The average Bonchev–Trinajstić information content (AvgIpc) is 2.72. The fourth-order valence-corrected chi connectivity index (χ4v) is 3.56. The van der Waals surface area contributed by atoms with E-state index in [1.165, 1.54) is 5.56 Å². The molecule has 2 aromatic carbocycles. The summed E-state index contributed by atoms with van der Waals surface area (Å²) in [5.41, 5.74) is 4.20. The van der Waals surface area contributed by atoms with Crippen LogP contribution in [0.1, 0.15) is 34.8 Å². The first kappa shape index (κ1) is 19.1. The number of fused-ring (bicyclic) bond motifs is 1. The maximum atomic E-state index is 13.0. The number of rotatable bonds is 6. The van der Waals surface area contributed by atoms with Gasteiger partial charge in [-0.3, -0.25) is 4.79 Å². The molecule has 144 valence electrons. The smallest absolute Gasteiger partial charge is 0.254 e. The molecule has 5 nitrogen and oxygen atoms in total. The first-order chi connectivity index (χ1) is 13.1. The van der Waals surface area contributed by atoms with Gasteiger partial charge in [0.1, 0.15) is 0 Å². The molecular weight excluding hydrogens is 340 g/mol. The third-order valence-electron chi connectivity index (χ3n) is 5.12. The zero-order valence-electron chi connectivity index (χ0n) is 16.6. The lowest BCUT2D eigenvalue weighted by atomic mass is 9.98. The molecule has 0 N–H and O–H groups in total. The van der Waals surface area contributed by atoms with Crippen LogP contribution in [0.15, 0.2) is 36.4 Å². The summed E-state index contributed by atoms with van der Waals surface area (Å²) >= 11 is 0. The molecule has 1 aliphatic heterocycles. The van der Waals surface area contributed by atoms with Gasteiger partial charge >= 0.3 is 0 Å². The third kappa shape index (κ3) is 4.02. The van der Waals surface area contributed by atoms with Crippen molar-refractivity contribution in [2.45, 2.75) is 26.3 Å². The van der Waals surface area contributed by atoms with E-state index in [0.29, 0.717) is 18.8 Å². The molecule has 1 aliphatic rings. The summed E-state index contributed by atoms with van der Waals surface area (Å²) in [6, 6.07) is 11.9. The fourth-order valence-electron chi connectivity index (χ4n) is 3.56. The number of nitrogens with zero attached hydrogens (tertiary/aromatic N) is 2. The number of carbonyl (C=O) groups is 1. The van der Waals surface area contributed by atoms with Crippen LogP contribution < -0.4 is 14.4 Å². The van der Waals surface area contributed by atoms with Gasteiger partial charge < -0.3 is 19.3 Å². The van der Waals surface area contributed by atoms with Crippen LogP contribution in [-0.4, -0.2) is 45.2 Å². The molecule has 5 heteroatoms. The highest BCUT2D eigenvalue weighted by atomic mass is 16.5. The lowest BCUT2D eigenvalue weighted by Gasteiger charge is -2.30. The predicted octanol–water partition coefficient (Wildman–Crippen LogP) is 3.75. The van der Waals surface area contributed by atoms with Gasteiger partial charge in [-0.2, -0.15) is 0 Å². The van der Waals surface area contributed by atoms with E-state index in [1.807, 2.05) is 41.3 Å². The van der Waals surface area contributed by atoms with Crippen LogP contribution >= 0.6 is 0 Å². The SMILES string of the molecule is CCCN(C)c1ccc(C(=O)N2CCc3cc(OC)c(OC)cc3C2)cc1. The second-order valence-corrected chi connectivity index (χ2v) is 6.92. The minimum atomic E-state index is 0.0696. The second kappa shape index (κ2) is 8.33. The van der Waals surface area contributed by atoms with E-state index >= 15 is 0 Å². The van der Waals surface area contributed by atoms with Gasteiger partial charge in [0.25, 0.3) is 5.91 Å². The summed E-state index contributed by atoms with van der Waals surface area (Å²) in [5.74, 6) is 1.51. The Balaban J connectivity index is 1.75. The Bertz CT molecular complexity index is 802. The Morgan fingerprint density at radius 1 is 1.07 bits per heavy atom. The minimum absolute atomic E-state index is 0.0696. The Labute approximate surface area is 161 Å². The van der Waals surface area contributed by atoms with Crippen LogP contribution in [0.3, 0.4) is 0 Å². The molecule has 0 saturated carbocycles. The van der Waals surface area contributed by atoms with Crippen LogP contribution in [0.25, 0.3) is 0 Å². The molecule has 0 fully saturated rings. The van der Waals surface area contributed by atoms with E-state index in [0.717, 1.165) is 42.0 Å². The predicted molar refractivity (Wildman–Crippen MR) is 108 cm³/mol. The van der Waals surface area contributed by atoms with Gasteiger partial charge in [0.15, 0.2) is 11.5 Å². The van der Waals surface area contributed by atoms with Gasteiger partial charge in [0.2, 0.25) is 0 Å². The molecule has 0 spiro atoms. The van der Waals surface area contributed by atoms with Crippen molar-refractivity contribution >= 4 is 11.6 Å². The number of carbonyl (C=O) groups excluding carboxylic acids is 1. The molecule has 0 aliphatic carbocycles. The molecule has 1 heterocycles. The Kier molecular flexibility index (Phi) is 5.89. The molecule has 0 aromatic heterocycles. The van der Waals surface area contributed by atoms with Crippen LogP contribution in [0.4, 0.5) is 5.69 Å². The van der Waals surface area contributed by atoms with Gasteiger partial charge in [-0.05, 0) is 60.4 Å². The van der Waals surface area contributed by atoms with Crippen molar-refractivity contribution in [2.75, 3.05) is 39.3 Å². The van der Waals surface area contributed by atoms with Crippen molar-refractivity contribution in [1.82, 2.24) is 4.90 Å². The Morgan fingerprint density at radius 3 is 2.30 bits per heavy atom. The molecule has 0 atom stereocenters. The van der Waals surface area contributed by atoms with Crippen molar-refractivity contribution in [2.24, 2.45) is 0 Å². The van der Waals surface area contributed by atoms with Gasteiger partial charge in [-0.1, -0.05) is 6.92 Å². The Hall–Kier alpha value is -2.69. The minimum Gasteiger partial charge on any atom is -0.493 e. The fraction of sp³-hybridized carbons (Fsp3) is 0.409. The summed E-state index contributed by atoms with van der Waals surface area (Å²) < 4.78 is 10.8. The van der Waals surface area contributed by atoms with Gasteiger partial charge in [0, 0.05) is 37.9 Å². The number of amides is 1. The molecule has 0 radical (unpaired) electrons. The molecule has 3 rings (SSSR count). The second-order valence-electron chi connectivity index (χ2n) is 6.92. The van der Waals surface area contributed by atoms with Crippen molar-refractivity contribution in [3.63, 3.8) is 0 Å². The standard InChI is InChI=1S/C22H28N2O3/c1-5-11-23(2)19-8-6-16(7-9-19)22(25)24-12-10-17-13-20(26-3)21(27-4)14-18(17)15-24/h6-9,13-14H,5,10-12,15H2,1-4H3. The molecule has 0 bridgehead atoms. The number of benzene rings is 2. The molecule has 2 aromatic rings. The van der Waals surface area contributed by atoms with Crippen molar-refractivity contribution in [3.05, 3.63) is 53.1 Å². The monoisotopic (exact) mass is 368 g/mol. The third-order valence-corrected chi connectivity index (χ3v) is 5.12. The van der Waals surface area contributed by atoms with E-state index in [2.05, 4.69) is 18.9 Å². The normalized spacial score (nSPS) is 13.1. The number of hydrogen-bond acceptors (Lipinski definition) is 4. The van der Waals surface area contributed by atoms with E-state index < -0.39 is 0 Å². The number of methoxy groups -OCH3 is 2. The molecule has 0 saturated heterocycles. The van der Waals surface area contributed by atoms with Crippen LogP contribution in [0, 0.1) is 0 Å². The number of hydrogen-bond donors (Lipinski definition) is 0. The summed E-state index contributed by atoms with van der Waals surface area (Å²) in [7, 11) is 5.35. The summed E-state index contributed by atoms with van der Waals surface area (Å²) in [6.07, 6.45) is 1.91.